The van der Waals surface area contributed by atoms with Gasteiger partial charge in [-0.1, -0.05) is 12.1 Å². The molecule has 0 bridgehead atoms. The van der Waals surface area contributed by atoms with E-state index in [0.29, 0.717) is 30.3 Å². The van der Waals surface area contributed by atoms with Crippen LogP contribution in [-0.2, 0) is 6.18 Å². The summed E-state index contributed by atoms with van der Waals surface area (Å²) in [7, 11) is 0. The zero-order chi connectivity index (χ0) is 20.3. The Bertz CT molecular complexity index is 828. The fraction of sp³-hybridized carbons (Fsp3) is 0.381. The molecule has 0 aromatic heterocycles. The van der Waals surface area contributed by atoms with Crippen molar-refractivity contribution in [2.24, 2.45) is 11.7 Å². The first-order valence-electron chi connectivity index (χ1n) is 9.24. The molecular formula is C21H23F3N2O2. The molecule has 1 heterocycles. The Hall–Kier alpha value is -2.54. The molecule has 0 radical (unpaired) electrons. The molecule has 1 aliphatic rings. The van der Waals surface area contributed by atoms with Crippen LogP contribution in [0.4, 0.5) is 13.2 Å². The topological polar surface area (TPSA) is 55.6 Å². The quantitative estimate of drug-likeness (QED) is 0.821. The molecule has 0 spiro atoms. The van der Waals surface area contributed by atoms with Gasteiger partial charge in [-0.25, -0.2) is 0 Å². The van der Waals surface area contributed by atoms with Crippen molar-refractivity contribution < 1.29 is 22.7 Å². The van der Waals surface area contributed by atoms with Gasteiger partial charge in [0.25, 0.3) is 5.91 Å². The molecule has 0 saturated carbocycles. The van der Waals surface area contributed by atoms with E-state index < -0.39 is 11.7 Å². The Morgan fingerprint density at radius 3 is 2.32 bits per heavy atom. The molecule has 4 nitrogen and oxygen atoms in total. The van der Waals surface area contributed by atoms with Gasteiger partial charge in [-0.05, 0) is 62.1 Å². The van der Waals surface area contributed by atoms with Crippen LogP contribution in [0.3, 0.4) is 0 Å². The lowest BCUT2D eigenvalue weighted by Gasteiger charge is -2.33. The second kappa shape index (κ2) is 8.22. The van der Waals surface area contributed by atoms with E-state index in [0.717, 1.165) is 25.0 Å². The summed E-state index contributed by atoms with van der Waals surface area (Å²) in [6, 6.07) is 11.3. The van der Waals surface area contributed by atoms with Gasteiger partial charge in [0, 0.05) is 24.7 Å². The molecule has 0 aliphatic carbocycles. The minimum Gasteiger partial charge on any atom is -0.457 e. The highest BCUT2D eigenvalue weighted by Gasteiger charge is 2.30. The number of nitrogens with zero attached hydrogens (tertiary/aromatic N) is 1. The molecule has 2 aromatic rings. The summed E-state index contributed by atoms with van der Waals surface area (Å²) in [6.07, 6.45) is -2.71. The third kappa shape index (κ3) is 4.84. The number of alkyl halides is 3. The number of halogens is 3. The number of carbonyl (C=O) groups is 1. The molecule has 1 amide bonds. The van der Waals surface area contributed by atoms with Crippen LogP contribution in [-0.4, -0.2) is 29.9 Å². The van der Waals surface area contributed by atoms with Crippen LogP contribution in [0.1, 0.15) is 35.7 Å². The Kier molecular flexibility index (Phi) is 5.93. The summed E-state index contributed by atoms with van der Waals surface area (Å²) in [4.78, 5) is 14.5. The number of carbonyl (C=O) groups excluding carboxylic acids is 1. The number of nitrogens with two attached hydrogens (primary N) is 1. The number of ether oxygens (including phenoxy) is 1. The highest BCUT2D eigenvalue weighted by Crippen LogP contribution is 2.33. The molecule has 1 aliphatic heterocycles. The first-order valence-corrected chi connectivity index (χ1v) is 9.24. The van der Waals surface area contributed by atoms with Crippen LogP contribution in [0, 0.1) is 5.92 Å². The van der Waals surface area contributed by atoms with Crippen LogP contribution >= 0.6 is 0 Å². The number of piperidine rings is 1. The van der Waals surface area contributed by atoms with E-state index in [1.807, 2.05) is 6.92 Å². The van der Waals surface area contributed by atoms with E-state index in [2.05, 4.69) is 0 Å². The van der Waals surface area contributed by atoms with Gasteiger partial charge < -0.3 is 15.4 Å². The van der Waals surface area contributed by atoms with Crippen LogP contribution in [0.15, 0.2) is 48.5 Å². The Morgan fingerprint density at radius 2 is 1.71 bits per heavy atom. The normalized spacial score (nSPS) is 16.7. The van der Waals surface area contributed by atoms with E-state index in [1.54, 1.807) is 29.2 Å². The summed E-state index contributed by atoms with van der Waals surface area (Å²) in [6.45, 7) is 3.27. The van der Waals surface area contributed by atoms with E-state index >= 15 is 0 Å². The summed E-state index contributed by atoms with van der Waals surface area (Å²) in [5, 5.41) is 0. The van der Waals surface area contributed by atoms with Gasteiger partial charge in [0.05, 0.1) is 5.56 Å². The Labute approximate surface area is 162 Å². The van der Waals surface area contributed by atoms with E-state index in [1.165, 1.54) is 12.1 Å². The van der Waals surface area contributed by atoms with Gasteiger partial charge in [0.1, 0.15) is 11.5 Å². The molecule has 7 heteroatoms. The summed E-state index contributed by atoms with van der Waals surface area (Å²) >= 11 is 0. The molecule has 1 fully saturated rings. The van der Waals surface area contributed by atoms with Crippen molar-refractivity contribution >= 4 is 5.91 Å². The Morgan fingerprint density at radius 1 is 1.11 bits per heavy atom. The molecule has 150 valence electrons. The minimum atomic E-state index is -4.44. The van der Waals surface area contributed by atoms with Crippen LogP contribution in [0.2, 0.25) is 0 Å². The number of benzene rings is 2. The lowest BCUT2D eigenvalue weighted by atomic mass is 9.90. The van der Waals surface area contributed by atoms with Crippen LogP contribution in [0.5, 0.6) is 11.5 Å². The lowest BCUT2D eigenvalue weighted by Crippen LogP contribution is -2.42. The fourth-order valence-corrected chi connectivity index (χ4v) is 3.38. The summed E-state index contributed by atoms with van der Waals surface area (Å²) in [5.41, 5.74) is 5.60. The fourth-order valence-electron chi connectivity index (χ4n) is 3.38. The molecule has 28 heavy (non-hydrogen) atoms. The van der Waals surface area contributed by atoms with Gasteiger partial charge >= 0.3 is 6.18 Å². The average Bonchev–Trinajstić information content (AvgIpc) is 2.67. The minimum absolute atomic E-state index is 0.0668. The van der Waals surface area contributed by atoms with Gasteiger partial charge in [-0.3, -0.25) is 4.79 Å². The van der Waals surface area contributed by atoms with Crippen LogP contribution in [0.25, 0.3) is 0 Å². The Balaban J connectivity index is 1.70. The van der Waals surface area contributed by atoms with Gasteiger partial charge in [-0.15, -0.1) is 0 Å². The number of hydrogen-bond acceptors (Lipinski definition) is 3. The van der Waals surface area contributed by atoms with E-state index in [-0.39, 0.29) is 17.7 Å². The lowest BCUT2D eigenvalue weighted by molar-refractivity contribution is -0.137. The smallest absolute Gasteiger partial charge is 0.416 e. The van der Waals surface area contributed by atoms with Crippen molar-refractivity contribution in [3.05, 3.63) is 59.7 Å². The van der Waals surface area contributed by atoms with Gasteiger partial charge in [0.2, 0.25) is 0 Å². The first-order chi connectivity index (χ1) is 13.2. The number of rotatable bonds is 4. The van der Waals surface area contributed by atoms with Crippen molar-refractivity contribution in [3.8, 4) is 11.5 Å². The molecule has 2 aromatic carbocycles. The summed E-state index contributed by atoms with van der Waals surface area (Å²) in [5.74, 6) is 0.685. The van der Waals surface area contributed by atoms with Crippen molar-refractivity contribution in [3.63, 3.8) is 0 Å². The van der Waals surface area contributed by atoms with Crippen molar-refractivity contribution in [1.29, 1.82) is 0 Å². The third-order valence-corrected chi connectivity index (χ3v) is 5.05. The van der Waals surface area contributed by atoms with E-state index in [9.17, 15) is 18.0 Å². The van der Waals surface area contributed by atoms with Crippen molar-refractivity contribution in [2.75, 3.05) is 13.1 Å². The van der Waals surface area contributed by atoms with Crippen LogP contribution < -0.4 is 10.5 Å². The molecule has 1 atom stereocenters. The predicted octanol–water partition coefficient (Wildman–Crippen LogP) is 4.70. The number of likely N-dealkylation sites (tertiary alicyclic amines) is 1. The molecule has 3 rings (SSSR count). The molecular weight excluding hydrogens is 369 g/mol. The maximum absolute atomic E-state index is 12.8. The second-order valence-electron chi connectivity index (χ2n) is 7.14. The average molecular weight is 392 g/mol. The largest absolute Gasteiger partial charge is 0.457 e. The molecule has 1 saturated heterocycles. The highest BCUT2D eigenvalue weighted by atomic mass is 19.4. The van der Waals surface area contributed by atoms with Gasteiger partial charge in [0.15, 0.2) is 0 Å². The van der Waals surface area contributed by atoms with Gasteiger partial charge in [-0.2, -0.15) is 13.2 Å². The summed E-state index contributed by atoms with van der Waals surface area (Å²) < 4.78 is 44.1. The monoisotopic (exact) mass is 392 g/mol. The zero-order valence-corrected chi connectivity index (χ0v) is 15.6. The second-order valence-corrected chi connectivity index (χ2v) is 7.14. The predicted molar refractivity (Wildman–Crippen MR) is 100 cm³/mol. The highest BCUT2D eigenvalue weighted by molar-refractivity contribution is 5.94. The molecule has 1 unspecified atom stereocenters. The maximum atomic E-state index is 12.8. The van der Waals surface area contributed by atoms with E-state index in [4.69, 9.17) is 10.5 Å². The SMILES string of the molecule is CC(N)C1CCN(C(=O)c2cccc(Oc3cccc(C(F)(F)F)c3)c2)CC1. The standard InChI is InChI=1S/C21H23F3N2O2/c1-14(25)15-8-10-26(11-9-15)20(27)16-4-2-6-18(12-16)28-19-7-3-5-17(13-19)21(22,23)24/h2-7,12-15H,8-11,25H2,1H3. The zero-order valence-electron chi connectivity index (χ0n) is 15.6. The molecule has 2 N–H and O–H groups in total. The van der Waals surface area contributed by atoms with Crippen molar-refractivity contribution in [2.45, 2.75) is 32.0 Å². The van der Waals surface area contributed by atoms with Crippen molar-refractivity contribution in [1.82, 2.24) is 4.90 Å². The first kappa shape index (κ1) is 20.2. The number of amides is 1. The number of hydrogen-bond donors (Lipinski definition) is 1. The third-order valence-electron chi connectivity index (χ3n) is 5.05. The maximum Gasteiger partial charge on any atom is 0.416 e.